The molecule has 6 heteroatoms. The van der Waals surface area contributed by atoms with Crippen molar-refractivity contribution >= 4 is 11.6 Å². The van der Waals surface area contributed by atoms with Gasteiger partial charge in [-0.15, -0.1) is 0 Å². The van der Waals surface area contributed by atoms with Crippen LogP contribution in [-0.2, 0) is 4.79 Å². The first-order valence-corrected chi connectivity index (χ1v) is 7.33. The second kappa shape index (κ2) is 7.85. The monoisotopic (exact) mass is 292 g/mol. The Labute approximate surface area is 125 Å². The van der Waals surface area contributed by atoms with E-state index in [0.717, 1.165) is 44.9 Å². The first-order valence-electron chi connectivity index (χ1n) is 7.33. The zero-order valence-corrected chi connectivity index (χ0v) is 12.5. The normalized spacial score (nSPS) is 15.8. The summed E-state index contributed by atoms with van der Waals surface area (Å²) in [5, 5.41) is 0. The number of carbonyl (C=O) groups excluding carboxylic acids is 1. The summed E-state index contributed by atoms with van der Waals surface area (Å²) in [5.41, 5.74) is 3.40. The number of hydrogen-bond donors (Lipinski definition) is 2. The highest BCUT2D eigenvalue weighted by atomic mass is 16.5. The SMILES string of the molecule is COc1ccc(N2CCN(CCCC(=O)NN)CC2)cc1. The molecular formula is C15H24N4O2. The van der Waals surface area contributed by atoms with Gasteiger partial charge in [-0.25, -0.2) is 5.84 Å². The number of rotatable bonds is 6. The van der Waals surface area contributed by atoms with E-state index in [1.165, 1.54) is 5.69 Å². The van der Waals surface area contributed by atoms with E-state index in [9.17, 15) is 4.79 Å². The number of benzene rings is 1. The van der Waals surface area contributed by atoms with Crippen LogP contribution in [0.25, 0.3) is 0 Å². The summed E-state index contributed by atoms with van der Waals surface area (Å²) >= 11 is 0. The van der Waals surface area contributed by atoms with Gasteiger partial charge < -0.3 is 9.64 Å². The molecule has 1 saturated heterocycles. The van der Waals surface area contributed by atoms with Crippen LogP contribution in [0.3, 0.4) is 0 Å². The third-order valence-corrected chi connectivity index (χ3v) is 3.85. The molecule has 2 rings (SSSR count). The lowest BCUT2D eigenvalue weighted by atomic mass is 10.2. The predicted octanol–water partition coefficient (Wildman–Crippen LogP) is 0.587. The third-order valence-electron chi connectivity index (χ3n) is 3.85. The van der Waals surface area contributed by atoms with Gasteiger partial charge in [-0.2, -0.15) is 0 Å². The van der Waals surface area contributed by atoms with E-state index in [2.05, 4.69) is 27.4 Å². The molecule has 3 N–H and O–H groups in total. The fraction of sp³-hybridized carbons (Fsp3) is 0.533. The molecule has 1 fully saturated rings. The van der Waals surface area contributed by atoms with Crippen LogP contribution in [0.5, 0.6) is 5.75 Å². The Bertz CT molecular complexity index is 441. The number of nitrogens with one attached hydrogen (secondary N) is 1. The van der Waals surface area contributed by atoms with Crippen molar-refractivity contribution < 1.29 is 9.53 Å². The number of nitrogens with zero attached hydrogens (tertiary/aromatic N) is 2. The van der Waals surface area contributed by atoms with Gasteiger partial charge in [-0.3, -0.25) is 15.1 Å². The number of piperazine rings is 1. The van der Waals surface area contributed by atoms with Crippen LogP contribution in [0.2, 0.25) is 0 Å². The van der Waals surface area contributed by atoms with Crippen molar-refractivity contribution in [3.05, 3.63) is 24.3 Å². The molecule has 1 amide bonds. The molecule has 0 spiro atoms. The van der Waals surface area contributed by atoms with Crippen molar-refractivity contribution in [2.24, 2.45) is 5.84 Å². The quantitative estimate of drug-likeness (QED) is 0.456. The lowest BCUT2D eigenvalue weighted by Gasteiger charge is -2.36. The van der Waals surface area contributed by atoms with Gasteiger partial charge in [0.1, 0.15) is 5.75 Å². The molecule has 116 valence electrons. The standard InChI is InChI=1S/C15H24N4O2/c1-21-14-6-4-13(5-7-14)19-11-9-18(10-12-19)8-2-3-15(20)17-16/h4-7H,2-3,8-12,16H2,1H3,(H,17,20). The van der Waals surface area contributed by atoms with Crippen molar-refractivity contribution in [3.8, 4) is 5.75 Å². The minimum Gasteiger partial charge on any atom is -0.497 e. The third kappa shape index (κ3) is 4.61. The second-order valence-corrected chi connectivity index (χ2v) is 5.20. The molecule has 0 bridgehead atoms. The topological polar surface area (TPSA) is 70.8 Å². The van der Waals surface area contributed by atoms with Crippen LogP contribution in [0, 0.1) is 0 Å². The molecule has 0 saturated carbocycles. The fourth-order valence-corrected chi connectivity index (χ4v) is 2.56. The van der Waals surface area contributed by atoms with Gasteiger partial charge in [0, 0.05) is 38.3 Å². The lowest BCUT2D eigenvalue weighted by Crippen LogP contribution is -2.46. The number of hydrazine groups is 1. The molecule has 1 heterocycles. The van der Waals surface area contributed by atoms with Crippen LogP contribution in [0.1, 0.15) is 12.8 Å². The van der Waals surface area contributed by atoms with E-state index in [0.29, 0.717) is 6.42 Å². The van der Waals surface area contributed by atoms with Crippen molar-refractivity contribution in [3.63, 3.8) is 0 Å². The molecule has 21 heavy (non-hydrogen) atoms. The van der Waals surface area contributed by atoms with E-state index < -0.39 is 0 Å². The zero-order chi connectivity index (χ0) is 15.1. The summed E-state index contributed by atoms with van der Waals surface area (Å²) in [6, 6.07) is 8.18. The Morgan fingerprint density at radius 1 is 1.24 bits per heavy atom. The number of ether oxygens (including phenoxy) is 1. The highest BCUT2D eigenvalue weighted by molar-refractivity contribution is 5.75. The van der Waals surface area contributed by atoms with Gasteiger partial charge in [-0.1, -0.05) is 0 Å². The largest absolute Gasteiger partial charge is 0.497 e. The summed E-state index contributed by atoms with van der Waals surface area (Å²) in [5.74, 6) is 5.86. The van der Waals surface area contributed by atoms with Crippen molar-refractivity contribution in [2.75, 3.05) is 44.7 Å². The van der Waals surface area contributed by atoms with Gasteiger partial charge >= 0.3 is 0 Å². The van der Waals surface area contributed by atoms with E-state index in [4.69, 9.17) is 10.6 Å². The molecule has 1 aliphatic heterocycles. The summed E-state index contributed by atoms with van der Waals surface area (Å²) in [6.45, 7) is 5.02. The first-order chi connectivity index (χ1) is 10.2. The molecule has 0 aliphatic carbocycles. The predicted molar refractivity (Wildman–Crippen MR) is 83.2 cm³/mol. The molecule has 1 aromatic rings. The first kappa shape index (κ1) is 15.6. The van der Waals surface area contributed by atoms with Crippen molar-refractivity contribution in [1.82, 2.24) is 10.3 Å². The molecule has 1 aromatic carbocycles. The Hall–Kier alpha value is -1.79. The maximum absolute atomic E-state index is 11.1. The van der Waals surface area contributed by atoms with E-state index in [-0.39, 0.29) is 5.91 Å². The minimum absolute atomic E-state index is 0.0909. The van der Waals surface area contributed by atoms with E-state index in [1.54, 1.807) is 7.11 Å². The fourth-order valence-electron chi connectivity index (χ4n) is 2.56. The summed E-state index contributed by atoms with van der Waals surface area (Å²) in [7, 11) is 1.68. The number of nitrogens with two attached hydrogens (primary N) is 1. The number of methoxy groups -OCH3 is 1. The summed E-state index contributed by atoms with van der Waals surface area (Å²) in [6.07, 6.45) is 1.35. The Balaban J connectivity index is 1.73. The number of anilines is 1. The average molecular weight is 292 g/mol. The smallest absolute Gasteiger partial charge is 0.233 e. The Morgan fingerprint density at radius 3 is 2.48 bits per heavy atom. The highest BCUT2D eigenvalue weighted by Gasteiger charge is 2.17. The zero-order valence-electron chi connectivity index (χ0n) is 12.5. The highest BCUT2D eigenvalue weighted by Crippen LogP contribution is 2.20. The van der Waals surface area contributed by atoms with E-state index in [1.807, 2.05) is 12.1 Å². The number of hydrogen-bond acceptors (Lipinski definition) is 5. The minimum atomic E-state index is -0.0909. The van der Waals surface area contributed by atoms with Gasteiger partial charge in [-0.05, 0) is 37.2 Å². The molecule has 0 aromatic heterocycles. The molecular weight excluding hydrogens is 268 g/mol. The molecule has 0 atom stereocenters. The Kier molecular flexibility index (Phi) is 5.83. The summed E-state index contributed by atoms with van der Waals surface area (Å²) in [4.78, 5) is 15.8. The van der Waals surface area contributed by atoms with Crippen LogP contribution in [-0.4, -0.2) is 50.6 Å². The van der Waals surface area contributed by atoms with Gasteiger partial charge in [0.2, 0.25) is 5.91 Å². The van der Waals surface area contributed by atoms with E-state index >= 15 is 0 Å². The number of carbonyl (C=O) groups is 1. The van der Waals surface area contributed by atoms with Crippen molar-refractivity contribution in [2.45, 2.75) is 12.8 Å². The lowest BCUT2D eigenvalue weighted by molar-refractivity contribution is -0.121. The maximum Gasteiger partial charge on any atom is 0.233 e. The molecule has 0 radical (unpaired) electrons. The van der Waals surface area contributed by atoms with Crippen LogP contribution in [0.4, 0.5) is 5.69 Å². The van der Waals surface area contributed by atoms with Crippen LogP contribution < -0.4 is 20.9 Å². The van der Waals surface area contributed by atoms with Crippen LogP contribution in [0.15, 0.2) is 24.3 Å². The maximum atomic E-state index is 11.1. The molecule has 6 nitrogen and oxygen atoms in total. The van der Waals surface area contributed by atoms with Crippen LogP contribution >= 0.6 is 0 Å². The summed E-state index contributed by atoms with van der Waals surface area (Å²) < 4.78 is 5.18. The molecule has 0 unspecified atom stereocenters. The van der Waals surface area contributed by atoms with Crippen molar-refractivity contribution in [1.29, 1.82) is 0 Å². The molecule has 1 aliphatic rings. The van der Waals surface area contributed by atoms with Gasteiger partial charge in [0.25, 0.3) is 0 Å². The van der Waals surface area contributed by atoms with Gasteiger partial charge in [0.05, 0.1) is 7.11 Å². The van der Waals surface area contributed by atoms with Gasteiger partial charge in [0.15, 0.2) is 0 Å². The Morgan fingerprint density at radius 2 is 1.90 bits per heavy atom. The second-order valence-electron chi connectivity index (χ2n) is 5.20. The average Bonchev–Trinajstić information content (AvgIpc) is 2.55. The number of amides is 1.